The number of likely N-dealkylation sites (N-methyl/N-ethyl adjacent to an activating group) is 1. The highest BCUT2D eigenvalue weighted by Crippen LogP contribution is 2.30. The van der Waals surface area contributed by atoms with Crippen molar-refractivity contribution in [3.8, 4) is 11.5 Å². The molecule has 1 atom stereocenters. The van der Waals surface area contributed by atoms with E-state index in [1.165, 1.54) is 11.1 Å². The van der Waals surface area contributed by atoms with Gasteiger partial charge >= 0.3 is 0 Å². The fourth-order valence-electron chi connectivity index (χ4n) is 2.64. The van der Waals surface area contributed by atoms with Crippen LogP contribution in [0.15, 0.2) is 12.1 Å². The van der Waals surface area contributed by atoms with Gasteiger partial charge in [-0.2, -0.15) is 0 Å². The van der Waals surface area contributed by atoms with E-state index in [2.05, 4.69) is 36.3 Å². The lowest BCUT2D eigenvalue weighted by atomic mass is 9.99. The molecular formula is C15H24N2O2. The Morgan fingerprint density at radius 2 is 1.95 bits per heavy atom. The van der Waals surface area contributed by atoms with Crippen molar-refractivity contribution in [2.24, 2.45) is 0 Å². The van der Waals surface area contributed by atoms with Gasteiger partial charge in [0.1, 0.15) is 0 Å². The maximum Gasteiger partial charge on any atom is 0.161 e. The second-order valence-electron chi connectivity index (χ2n) is 5.25. The zero-order valence-corrected chi connectivity index (χ0v) is 12.3. The Kier molecular flexibility index (Phi) is 4.66. The first-order chi connectivity index (χ1) is 9.13. The standard InChI is InChI=1S/C15H24N2O2/c1-11-7-14(18-3)15(19-4)9-12(11)8-13-10-17(2)6-5-16-13/h7,9,13,16H,5-6,8,10H2,1-4H3. The first kappa shape index (κ1) is 14.2. The third kappa shape index (κ3) is 3.39. The van der Waals surface area contributed by atoms with Gasteiger partial charge in [-0.05, 0) is 43.7 Å². The average Bonchev–Trinajstić information content (AvgIpc) is 2.40. The third-order valence-electron chi connectivity index (χ3n) is 3.77. The summed E-state index contributed by atoms with van der Waals surface area (Å²) < 4.78 is 10.7. The van der Waals surface area contributed by atoms with E-state index in [4.69, 9.17) is 9.47 Å². The lowest BCUT2D eigenvalue weighted by molar-refractivity contribution is 0.238. The molecule has 0 aromatic heterocycles. The van der Waals surface area contributed by atoms with Crippen LogP contribution < -0.4 is 14.8 Å². The Hall–Kier alpha value is -1.26. The summed E-state index contributed by atoms with van der Waals surface area (Å²) in [5, 5.41) is 3.58. The number of hydrogen-bond acceptors (Lipinski definition) is 4. The van der Waals surface area contributed by atoms with Gasteiger partial charge in [-0.25, -0.2) is 0 Å². The maximum absolute atomic E-state index is 5.39. The van der Waals surface area contributed by atoms with Crippen LogP contribution in [0.2, 0.25) is 0 Å². The van der Waals surface area contributed by atoms with Crippen LogP contribution in [0.4, 0.5) is 0 Å². The van der Waals surface area contributed by atoms with Gasteiger partial charge < -0.3 is 19.7 Å². The summed E-state index contributed by atoms with van der Waals surface area (Å²) in [6.45, 7) is 5.41. The molecule has 0 amide bonds. The Bertz CT molecular complexity index is 434. The smallest absolute Gasteiger partial charge is 0.161 e. The first-order valence-corrected chi connectivity index (χ1v) is 6.77. The number of rotatable bonds is 4. The Labute approximate surface area is 115 Å². The molecule has 106 valence electrons. The van der Waals surface area contributed by atoms with E-state index < -0.39 is 0 Å². The molecule has 1 saturated heterocycles. The normalized spacial score (nSPS) is 20.3. The minimum absolute atomic E-state index is 0.510. The predicted molar refractivity (Wildman–Crippen MR) is 77.3 cm³/mol. The van der Waals surface area contributed by atoms with Crippen LogP contribution in [0, 0.1) is 6.92 Å². The Morgan fingerprint density at radius 1 is 1.26 bits per heavy atom. The van der Waals surface area contributed by atoms with Crippen LogP contribution in [0.3, 0.4) is 0 Å². The van der Waals surface area contributed by atoms with Crippen LogP contribution in [0.5, 0.6) is 11.5 Å². The first-order valence-electron chi connectivity index (χ1n) is 6.77. The van der Waals surface area contributed by atoms with E-state index in [0.29, 0.717) is 6.04 Å². The van der Waals surface area contributed by atoms with Gasteiger partial charge in [-0.1, -0.05) is 0 Å². The monoisotopic (exact) mass is 264 g/mol. The van der Waals surface area contributed by atoms with E-state index >= 15 is 0 Å². The molecular weight excluding hydrogens is 240 g/mol. The molecule has 0 aliphatic carbocycles. The molecule has 1 aromatic carbocycles. The lowest BCUT2D eigenvalue weighted by Gasteiger charge is -2.31. The second-order valence-corrected chi connectivity index (χ2v) is 5.25. The molecule has 1 aliphatic heterocycles. The zero-order valence-electron chi connectivity index (χ0n) is 12.3. The van der Waals surface area contributed by atoms with Crippen molar-refractivity contribution in [1.29, 1.82) is 0 Å². The third-order valence-corrected chi connectivity index (χ3v) is 3.77. The molecule has 0 radical (unpaired) electrons. The van der Waals surface area contributed by atoms with E-state index in [1.807, 2.05) is 0 Å². The molecule has 0 saturated carbocycles. The number of aryl methyl sites for hydroxylation is 1. The van der Waals surface area contributed by atoms with Crippen LogP contribution >= 0.6 is 0 Å². The SMILES string of the molecule is COc1cc(C)c(CC2CN(C)CCN2)cc1OC. The van der Waals surface area contributed by atoms with Crippen LogP contribution in [-0.2, 0) is 6.42 Å². The van der Waals surface area contributed by atoms with Crippen LogP contribution in [0.1, 0.15) is 11.1 Å². The van der Waals surface area contributed by atoms with E-state index in [0.717, 1.165) is 37.6 Å². The Morgan fingerprint density at radius 3 is 2.58 bits per heavy atom. The number of nitrogens with zero attached hydrogens (tertiary/aromatic N) is 1. The molecule has 1 unspecified atom stereocenters. The lowest BCUT2D eigenvalue weighted by Crippen LogP contribution is -2.50. The van der Waals surface area contributed by atoms with Crippen molar-refractivity contribution < 1.29 is 9.47 Å². The largest absolute Gasteiger partial charge is 0.493 e. The van der Waals surface area contributed by atoms with Gasteiger partial charge in [0.15, 0.2) is 11.5 Å². The topological polar surface area (TPSA) is 33.7 Å². The number of hydrogen-bond donors (Lipinski definition) is 1. The fraction of sp³-hybridized carbons (Fsp3) is 0.600. The van der Waals surface area contributed by atoms with Gasteiger partial charge in [0.2, 0.25) is 0 Å². The van der Waals surface area contributed by atoms with Crippen molar-refractivity contribution in [3.63, 3.8) is 0 Å². The van der Waals surface area contributed by atoms with Gasteiger partial charge in [0.25, 0.3) is 0 Å². The fourth-order valence-corrected chi connectivity index (χ4v) is 2.64. The highest BCUT2D eigenvalue weighted by molar-refractivity contribution is 5.47. The molecule has 2 rings (SSSR count). The molecule has 19 heavy (non-hydrogen) atoms. The van der Waals surface area contributed by atoms with Gasteiger partial charge in [-0.3, -0.25) is 0 Å². The molecule has 0 bridgehead atoms. The number of ether oxygens (including phenoxy) is 2. The molecule has 4 heteroatoms. The summed E-state index contributed by atoms with van der Waals surface area (Å²) >= 11 is 0. The van der Waals surface area contributed by atoms with E-state index in [1.54, 1.807) is 14.2 Å². The minimum Gasteiger partial charge on any atom is -0.493 e. The van der Waals surface area contributed by atoms with Crippen LogP contribution in [-0.4, -0.2) is 51.8 Å². The summed E-state index contributed by atoms with van der Waals surface area (Å²) in [5.41, 5.74) is 2.58. The number of nitrogens with one attached hydrogen (secondary N) is 1. The van der Waals surface area contributed by atoms with E-state index in [-0.39, 0.29) is 0 Å². The van der Waals surface area contributed by atoms with Gasteiger partial charge in [-0.15, -0.1) is 0 Å². The molecule has 0 spiro atoms. The zero-order chi connectivity index (χ0) is 13.8. The summed E-state index contributed by atoms with van der Waals surface area (Å²) in [4.78, 5) is 2.37. The molecule has 1 aliphatic rings. The van der Waals surface area contributed by atoms with Crippen molar-refractivity contribution in [2.45, 2.75) is 19.4 Å². The second kappa shape index (κ2) is 6.26. The van der Waals surface area contributed by atoms with Gasteiger partial charge in [0, 0.05) is 25.7 Å². The summed E-state index contributed by atoms with van der Waals surface area (Å²) in [5.74, 6) is 1.62. The maximum atomic E-state index is 5.39. The number of methoxy groups -OCH3 is 2. The molecule has 1 N–H and O–H groups in total. The average molecular weight is 264 g/mol. The molecule has 4 nitrogen and oxygen atoms in total. The number of benzene rings is 1. The number of piperazine rings is 1. The van der Waals surface area contributed by atoms with Crippen molar-refractivity contribution in [2.75, 3.05) is 40.9 Å². The van der Waals surface area contributed by atoms with Crippen molar-refractivity contribution >= 4 is 0 Å². The summed E-state index contributed by atoms with van der Waals surface area (Å²) in [6.07, 6.45) is 1.02. The van der Waals surface area contributed by atoms with Gasteiger partial charge in [0.05, 0.1) is 14.2 Å². The summed E-state index contributed by atoms with van der Waals surface area (Å²) in [7, 11) is 5.54. The minimum atomic E-state index is 0.510. The summed E-state index contributed by atoms with van der Waals surface area (Å²) in [6, 6.07) is 4.67. The van der Waals surface area contributed by atoms with E-state index in [9.17, 15) is 0 Å². The van der Waals surface area contributed by atoms with Crippen molar-refractivity contribution in [1.82, 2.24) is 10.2 Å². The molecule has 1 fully saturated rings. The Balaban J connectivity index is 2.15. The predicted octanol–water partition coefficient (Wildman–Crippen LogP) is 1.46. The highest BCUT2D eigenvalue weighted by atomic mass is 16.5. The molecule has 1 aromatic rings. The van der Waals surface area contributed by atoms with Crippen molar-refractivity contribution in [3.05, 3.63) is 23.3 Å². The van der Waals surface area contributed by atoms with Crippen LogP contribution in [0.25, 0.3) is 0 Å². The quantitative estimate of drug-likeness (QED) is 0.892. The molecule has 1 heterocycles. The highest BCUT2D eigenvalue weighted by Gasteiger charge is 2.18.